The predicted octanol–water partition coefficient (Wildman–Crippen LogP) is 2.85. The molecular weight excluding hydrogens is 373 g/mol. The summed E-state index contributed by atoms with van der Waals surface area (Å²) >= 11 is 0. The summed E-state index contributed by atoms with van der Waals surface area (Å²) in [6.07, 6.45) is -1.37. The van der Waals surface area contributed by atoms with Crippen LogP contribution in [-0.4, -0.2) is 47.6 Å². The van der Waals surface area contributed by atoms with Crippen molar-refractivity contribution in [2.75, 3.05) is 25.1 Å². The second kappa shape index (κ2) is 7.66. The minimum absolute atomic E-state index is 0.160. The molecule has 1 unspecified atom stereocenters. The fraction of sp³-hybridized carbons (Fsp3) is 0.273. The molecule has 0 saturated carbocycles. The standard InChI is InChI=1S/C22H20FN3O3/c1-29-15-5-6-18-16(10-15)21(13-3-2-4-14(23)9-13)17(11-24)22(25-18)26-8-7-19(27)20(28)12-26/h2-6,9-10,19-20,27-28H,7-8,12H2,1H3/t19-,20?/m1/s1. The molecule has 1 aromatic heterocycles. The van der Waals surface area contributed by atoms with E-state index in [2.05, 4.69) is 11.1 Å². The summed E-state index contributed by atoms with van der Waals surface area (Å²) in [5.74, 6) is 0.609. The molecule has 6 nitrogen and oxygen atoms in total. The lowest BCUT2D eigenvalue weighted by molar-refractivity contribution is 0.00786. The Morgan fingerprint density at radius 1 is 1.21 bits per heavy atom. The first-order valence-electron chi connectivity index (χ1n) is 9.30. The number of methoxy groups -OCH3 is 1. The monoisotopic (exact) mass is 393 g/mol. The highest BCUT2D eigenvalue weighted by Crippen LogP contribution is 2.38. The summed E-state index contributed by atoms with van der Waals surface area (Å²) in [5, 5.41) is 30.6. The average molecular weight is 393 g/mol. The Morgan fingerprint density at radius 3 is 2.72 bits per heavy atom. The van der Waals surface area contributed by atoms with E-state index in [4.69, 9.17) is 4.74 Å². The molecule has 29 heavy (non-hydrogen) atoms. The number of fused-ring (bicyclic) bond motifs is 1. The first-order valence-corrected chi connectivity index (χ1v) is 9.30. The van der Waals surface area contributed by atoms with E-state index in [0.29, 0.717) is 52.1 Å². The van der Waals surface area contributed by atoms with Crippen molar-refractivity contribution in [1.29, 1.82) is 5.26 Å². The minimum Gasteiger partial charge on any atom is -0.497 e. The van der Waals surface area contributed by atoms with Crippen molar-refractivity contribution in [2.24, 2.45) is 0 Å². The molecule has 0 radical (unpaired) electrons. The van der Waals surface area contributed by atoms with Crippen LogP contribution in [-0.2, 0) is 0 Å². The summed E-state index contributed by atoms with van der Waals surface area (Å²) < 4.78 is 19.3. The number of hydrogen-bond acceptors (Lipinski definition) is 6. The quantitative estimate of drug-likeness (QED) is 0.711. The van der Waals surface area contributed by atoms with Gasteiger partial charge in [0.2, 0.25) is 0 Å². The predicted molar refractivity (Wildman–Crippen MR) is 107 cm³/mol. The first-order chi connectivity index (χ1) is 14.0. The van der Waals surface area contributed by atoms with Gasteiger partial charge < -0.3 is 19.8 Å². The van der Waals surface area contributed by atoms with Gasteiger partial charge in [-0.1, -0.05) is 12.1 Å². The number of aliphatic hydroxyl groups excluding tert-OH is 2. The van der Waals surface area contributed by atoms with Gasteiger partial charge in [0.05, 0.1) is 24.8 Å². The number of rotatable bonds is 3. The molecule has 0 spiro atoms. The molecule has 1 aliphatic rings. The van der Waals surface area contributed by atoms with Crippen LogP contribution in [0.2, 0.25) is 0 Å². The van der Waals surface area contributed by atoms with Crippen LogP contribution in [0.4, 0.5) is 10.2 Å². The van der Waals surface area contributed by atoms with Gasteiger partial charge in [0.1, 0.15) is 29.0 Å². The van der Waals surface area contributed by atoms with Crippen molar-refractivity contribution >= 4 is 16.7 Å². The third-order valence-electron chi connectivity index (χ3n) is 5.24. The molecule has 2 heterocycles. The highest BCUT2D eigenvalue weighted by Gasteiger charge is 2.29. The number of halogens is 1. The molecule has 0 bridgehead atoms. The first kappa shape index (κ1) is 19.1. The van der Waals surface area contributed by atoms with Gasteiger partial charge in [-0.15, -0.1) is 0 Å². The third-order valence-corrected chi connectivity index (χ3v) is 5.24. The Balaban J connectivity index is 2.00. The molecule has 148 valence electrons. The molecule has 2 atom stereocenters. The van der Waals surface area contributed by atoms with Gasteiger partial charge in [-0.3, -0.25) is 0 Å². The van der Waals surface area contributed by atoms with Crippen molar-refractivity contribution in [3.8, 4) is 22.9 Å². The van der Waals surface area contributed by atoms with Crippen LogP contribution in [0.3, 0.4) is 0 Å². The van der Waals surface area contributed by atoms with E-state index in [1.54, 1.807) is 42.3 Å². The summed E-state index contributed by atoms with van der Waals surface area (Å²) in [5.41, 5.74) is 2.03. The number of nitrogens with zero attached hydrogens (tertiary/aromatic N) is 3. The summed E-state index contributed by atoms with van der Waals surface area (Å²) in [6.45, 7) is 0.608. The molecule has 7 heteroatoms. The number of ether oxygens (including phenoxy) is 1. The van der Waals surface area contributed by atoms with E-state index in [1.165, 1.54) is 12.1 Å². The number of anilines is 1. The maximum Gasteiger partial charge on any atom is 0.147 e. The molecule has 1 fully saturated rings. The minimum atomic E-state index is -0.929. The van der Waals surface area contributed by atoms with E-state index in [0.717, 1.165) is 0 Å². The van der Waals surface area contributed by atoms with Gasteiger partial charge in [-0.25, -0.2) is 9.37 Å². The highest BCUT2D eigenvalue weighted by molar-refractivity contribution is 6.00. The number of hydrogen-bond donors (Lipinski definition) is 2. The van der Waals surface area contributed by atoms with Crippen molar-refractivity contribution in [3.63, 3.8) is 0 Å². The normalized spacial score (nSPS) is 19.2. The van der Waals surface area contributed by atoms with E-state index in [9.17, 15) is 19.9 Å². The van der Waals surface area contributed by atoms with Crippen LogP contribution >= 0.6 is 0 Å². The van der Waals surface area contributed by atoms with E-state index >= 15 is 0 Å². The topological polar surface area (TPSA) is 89.6 Å². The lowest BCUT2D eigenvalue weighted by Gasteiger charge is -2.35. The average Bonchev–Trinajstić information content (AvgIpc) is 2.73. The third kappa shape index (κ3) is 3.48. The van der Waals surface area contributed by atoms with E-state index in [1.807, 2.05) is 0 Å². The van der Waals surface area contributed by atoms with Crippen molar-refractivity contribution < 1.29 is 19.3 Å². The Labute approximate surface area is 167 Å². The van der Waals surface area contributed by atoms with Crippen LogP contribution in [0.1, 0.15) is 12.0 Å². The molecule has 1 saturated heterocycles. The van der Waals surface area contributed by atoms with Crippen molar-refractivity contribution in [3.05, 3.63) is 53.8 Å². The van der Waals surface area contributed by atoms with Gasteiger partial charge in [0.25, 0.3) is 0 Å². The van der Waals surface area contributed by atoms with Gasteiger partial charge in [0.15, 0.2) is 0 Å². The fourth-order valence-corrected chi connectivity index (χ4v) is 3.75. The Hall–Kier alpha value is -3.21. The van der Waals surface area contributed by atoms with E-state index in [-0.39, 0.29) is 6.54 Å². The maximum absolute atomic E-state index is 14.0. The van der Waals surface area contributed by atoms with Crippen LogP contribution in [0, 0.1) is 17.1 Å². The van der Waals surface area contributed by atoms with Gasteiger partial charge >= 0.3 is 0 Å². The van der Waals surface area contributed by atoms with E-state index < -0.39 is 18.0 Å². The fourth-order valence-electron chi connectivity index (χ4n) is 3.75. The number of aromatic nitrogens is 1. The number of nitriles is 1. The molecule has 3 aromatic rings. The molecule has 0 aliphatic carbocycles. The zero-order valence-corrected chi connectivity index (χ0v) is 15.8. The Morgan fingerprint density at radius 2 is 2.03 bits per heavy atom. The summed E-state index contributed by atoms with van der Waals surface area (Å²) in [6, 6.07) is 13.6. The number of β-amino-alcohol motifs (C(OH)–C–C–N with tert-alkyl or cyclic N) is 1. The second-order valence-electron chi connectivity index (χ2n) is 7.06. The Bertz CT molecular complexity index is 1110. The second-order valence-corrected chi connectivity index (χ2v) is 7.06. The zero-order chi connectivity index (χ0) is 20.5. The Kier molecular flexibility index (Phi) is 5.05. The van der Waals surface area contributed by atoms with Crippen LogP contribution < -0.4 is 9.64 Å². The molecule has 4 rings (SSSR count). The van der Waals surface area contributed by atoms with Crippen LogP contribution in [0.5, 0.6) is 5.75 Å². The lowest BCUT2D eigenvalue weighted by atomic mass is 9.95. The molecule has 0 amide bonds. The van der Waals surface area contributed by atoms with Crippen molar-refractivity contribution in [1.82, 2.24) is 4.98 Å². The molecular formula is C22H20FN3O3. The maximum atomic E-state index is 14.0. The number of aliphatic hydroxyl groups is 2. The summed E-state index contributed by atoms with van der Waals surface area (Å²) in [4.78, 5) is 6.47. The van der Waals surface area contributed by atoms with Crippen LogP contribution in [0.15, 0.2) is 42.5 Å². The van der Waals surface area contributed by atoms with Gasteiger partial charge in [0, 0.05) is 24.0 Å². The number of piperidine rings is 1. The zero-order valence-electron chi connectivity index (χ0n) is 15.8. The molecule has 2 N–H and O–H groups in total. The lowest BCUT2D eigenvalue weighted by Crippen LogP contribution is -2.47. The largest absolute Gasteiger partial charge is 0.497 e. The van der Waals surface area contributed by atoms with Crippen molar-refractivity contribution in [2.45, 2.75) is 18.6 Å². The van der Waals surface area contributed by atoms with Crippen LogP contribution in [0.25, 0.3) is 22.0 Å². The van der Waals surface area contributed by atoms with Gasteiger partial charge in [-0.05, 0) is 42.3 Å². The van der Waals surface area contributed by atoms with Gasteiger partial charge in [-0.2, -0.15) is 5.26 Å². The smallest absolute Gasteiger partial charge is 0.147 e. The molecule has 2 aromatic carbocycles. The number of benzene rings is 2. The summed E-state index contributed by atoms with van der Waals surface area (Å²) in [7, 11) is 1.55. The number of pyridine rings is 1. The molecule has 1 aliphatic heterocycles. The highest BCUT2D eigenvalue weighted by atomic mass is 19.1. The SMILES string of the molecule is COc1ccc2nc(N3CC[C@@H](O)C(O)C3)c(C#N)c(-c3cccc(F)c3)c2c1.